The van der Waals surface area contributed by atoms with Crippen molar-refractivity contribution in [2.24, 2.45) is 11.3 Å². The average Bonchev–Trinajstić information content (AvgIpc) is 3.79. The summed E-state index contributed by atoms with van der Waals surface area (Å²) in [5.41, 5.74) is 5.21. The van der Waals surface area contributed by atoms with Gasteiger partial charge in [-0.1, -0.05) is 49.0 Å². The Kier molecular flexibility index (Phi) is 15.7. The van der Waals surface area contributed by atoms with Gasteiger partial charge in [0.05, 0.1) is 35.3 Å². The molecule has 16 nitrogen and oxygen atoms in total. The van der Waals surface area contributed by atoms with E-state index >= 15 is 0 Å². The van der Waals surface area contributed by atoms with Crippen LogP contribution in [0.2, 0.25) is 0 Å². The molecule has 3 heterocycles. The summed E-state index contributed by atoms with van der Waals surface area (Å²) < 4.78 is 13.1. The minimum absolute atomic E-state index is 0.0538. The van der Waals surface area contributed by atoms with E-state index in [1.165, 1.54) is 6.20 Å². The number of carbonyl (C=O) groups is 3. The van der Waals surface area contributed by atoms with Crippen molar-refractivity contribution in [3.8, 4) is 5.75 Å². The number of amides is 4. The number of hydrogen-bond acceptors (Lipinski definition) is 11. The highest BCUT2D eigenvalue weighted by atomic mass is 79.9. The number of morpholine rings is 1. The van der Waals surface area contributed by atoms with Crippen molar-refractivity contribution in [2.75, 3.05) is 60.7 Å². The van der Waals surface area contributed by atoms with Crippen molar-refractivity contribution in [3.63, 3.8) is 0 Å². The van der Waals surface area contributed by atoms with Gasteiger partial charge >= 0.3 is 6.03 Å². The van der Waals surface area contributed by atoms with Crippen molar-refractivity contribution in [1.29, 1.82) is 0 Å². The van der Waals surface area contributed by atoms with E-state index < -0.39 is 6.03 Å². The van der Waals surface area contributed by atoms with E-state index in [2.05, 4.69) is 71.2 Å². The van der Waals surface area contributed by atoms with Crippen LogP contribution in [0.15, 0.2) is 71.5 Å². The molecular formula is C48H60BrN9O7. The third-order valence-electron chi connectivity index (χ3n) is 12.7. The van der Waals surface area contributed by atoms with Gasteiger partial charge < -0.3 is 30.7 Å². The molecule has 0 spiro atoms. The number of aryl methyl sites for hydroxylation is 2. The third-order valence-corrected chi connectivity index (χ3v) is 13.6. The van der Waals surface area contributed by atoms with E-state index in [-0.39, 0.29) is 45.9 Å². The molecule has 1 saturated carbocycles. The van der Waals surface area contributed by atoms with Crippen molar-refractivity contribution in [1.82, 2.24) is 20.2 Å². The number of unbranched alkanes of at least 4 members (excludes halogenated alkanes) is 3. The number of nitrogens with zero attached hydrogens (tertiary/aromatic N) is 4. The van der Waals surface area contributed by atoms with E-state index in [0.29, 0.717) is 60.6 Å². The van der Waals surface area contributed by atoms with Crippen molar-refractivity contribution >= 4 is 62.3 Å². The number of aromatic nitrogens is 2. The Morgan fingerprint density at radius 2 is 1.78 bits per heavy atom. The van der Waals surface area contributed by atoms with Gasteiger partial charge in [-0.15, -0.1) is 0 Å². The second-order valence-electron chi connectivity index (χ2n) is 18.1. The SMILES string of the molecule is Cc1cnc(NC(=O)Nc2cc(Br)c(C)cc2OC[C@@H]2CN(CCCCCCC(=O)Nc3ccc(C(=O)NCC(C)(C)C4Nc5ccc([N+](=O)[O-])cc5C5CCCC54)cc3)CCO2)cn1. The first-order valence-electron chi connectivity index (χ1n) is 22.6. The number of fused-ring (bicyclic) bond motifs is 3. The number of carbonyl (C=O) groups excluding carboxylic acids is 3. The average molecular weight is 955 g/mol. The molecule has 4 atom stereocenters. The first kappa shape index (κ1) is 47.3. The molecular weight excluding hydrogens is 894 g/mol. The summed E-state index contributed by atoms with van der Waals surface area (Å²) in [6.45, 7) is 12.0. The zero-order valence-corrected chi connectivity index (χ0v) is 39.2. The molecule has 4 amide bonds. The molecule has 1 aromatic heterocycles. The summed E-state index contributed by atoms with van der Waals surface area (Å²) in [4.78, 5) is 60.6. The maximum Gasteiger partial charge on any atom is 0.325 e. The molecule has 1 saturated heterocycles. The number of nitro benzene ring substituents is 1. The summed E-state index contributed by atoms with van der Waals surface area (Å²) in [5, 5.41) is 26.8. The van der Waals surface area contributed by atoms with Crippen LogP contribution in [0.1, 0.15) is 98.3 Å². The monoisotopic (exact) mass is 953 g/mol. The van der Waals surface area contributed by atoms with Gasteiger partial charge in [-0.2, -0.15) is 0 Å². The predicted octanol–water partition coefficient (Wildman–Crippen LogP) is 9.21. The van der Waals surface area contributed by atoms with Crippen molar-refractivity contribution < 1.29 is 28.8 Å². The Morgan fingerprint density at radius 1 is 0.985 bits per heavy atom. The molecule has 2 fully saturated rings. The standard InChI is InChI=1S/C48H60BrN9O7/c1-30-22-42(41(24-39(30)49)55-47(61)56-43-26-50-31(2)25-51-43)65-28-35-27-57(20-21-64-35)19-8-6-5-7-12-44(59)53-33-15-13-32(14-16-33)46(60)52-29-48(3,4)45-37-11-9-10-36(37)38-23-34(58(62)63)17-18-40(38)54-45/h13-18,22-26,35-37,45,54H,5-12,19-21,27-29H2,1-4H3,(H,52,60)(H,53,59)(H2,51,55,56,61)/t35-,36?,37?,45?/m0/s1. The molecule has 7 rings (SSSR count). The molecule has 3 aromatic carbocycles. The van der Waals surface area contributed by atoms with Gasteiger partial charge in [0.25, 0.3) is 11.6 Å². The highest BCUT2D eigenvalue weighted by Gasteiger charge is 2.46. The number of halogens is 1. The summed E-state index contributed by atoms with van der Waals surface area (Å²) in [5.74, 6) is 1.24. The lowest BCUT2D eigenvalue weighted by atomic mass is 9.69. The lowest BCUT2D eigenvalue weighted by molar-refractivity contribution is -0.384. The summed E-state index contributed by atoms with van der Waals surface area (Å²) in [7, 11) is 0. The minimum Gasteiger partial charge on any atom is -0.489 e. The van der Waals surface area contributed by atoms with Crippen LogP contribution in [0.5, 0.6) is 5.75 Å². The van der Waals surface area contributed by atoms with E-state index in [9.17, 15) is 24.5 Å². The highest BCUT2D eigenvalue weighted by molar-refractivity contribution is 9.10. The first-order chi connectivity index (χ1) is 31.2. The molecule has 1 aliphatic carbocycles. The lowest BCUT2D eigenvalue weighted by Crippen LogP contribution is -2.51. The van der Waals surface area contributed by atoms with Gasteiger partial charge in [0, 0.05) is 71.1 Å². The number of hydrogen-bond donors (Lipinski definition) is 5. The maximum absolute atomic E-state index is 13.3. The van der Waals surface area contributed by atoms with Gasteiger partial charge in [0.1, 0.15) is 18.5 Å². The fourth-order valence-corrected chi connectivity index (χ4v) is 9.56. The molecule has 4 aromatic rings. The highest BCUT2D eigenvalue weighted by Crippen LogP contribution is 2.52. The molecule has 2 aliphatic heterocycles. The zero-order valence-electron chi connectivity index (χ0n) is 37.6. The van der Waals surface area contributed by atoms with Crippen LogP contribution in [0.25, 0.3) is 0 Å². The Bertz CT molecular complexity index is 2330. The number of rotatable bonds is 18. The number of benzene rings is 3. The van der Waals surface area contributed by atoms with Crippen LogP contribution in [-0.4, -0.2) is 89.2 Å². The van der Waals surface area contributed by atoms with E-state index in [4.69, 9.17) is 9.47 Å². The number of nitrogens with one attached hydrogen (secondary N) is 5. The second kappa shape index (κ2) is 21.6. The number of ether oxygens (including phenoxy) is 2. The van der Waals surface area contributed by atoms with Gasteiger partial charge in [0.15, 0.2) is 5.82 Å². The fourth-order valence-electron chi connectivity index (χ4n) is 9.21. The summed E-state index contributed by atoms with van der Waals surface area (Å²) in [6, 6.07) is 15.4. The normalized spacial score (nSPS) is 19.3. The van der Waals surface area contributed by atoms with Gasteiger partial charge in [0.2, 0.25) is 5.91 Å². The van der Waals surface area contributed by atoms with Crippen LogP contribution >= 0.6 is 15.9 Å². The van der Waals surface area contributed by atoms with Crippen LogP contribution in [0.4, 0.5) is 33.4 Å². The predicted molar refractivity (Wildman–Crippen MR) is 255 cm³/mol. The van der Waals surface area contributed by atoms with E-state index in [1.54, 1.807) is 42.6 Å². The smallest absolute Gasteiger partial charge is 0.325 e. The largest absolute Gasteiger partial charge is 0.489 e. The Labute approximate surface area is 388 Å². The van der Waals surface area contributed by atoms with Crippen molar-refractivity contribution in [2.45, 2.75) is 97.1 Å². The molecule has 5 N–H and O–H groups in total. The second-order valence-corrected chi connectivity index (χ2v) is 19.0. The summed E-state index contributed by atoms with van der Waals surface area (Å²) >= 11 is 3.55. The molecule has 0 radical (unpaired) electrons. The van der Waals surface area contributed by atoms with Crippen LogP contribution < -0.4 is 31.3 Å². The third kappa shape index (κ3) is 12.6. The first-order valence-corrected chi connectivity index (χ1v) is 23.4. The molecule has 17 heteroatoms. The van der Waals surface area contributed by atoms with Gasteiger partial charge in [-0.25, -0.2) is 9.78 Å². The Morgan fingerprint density at radius 3 is 2.55 bits per heavy atom. The quantitative estimate of drug-likeness (QED) is 0.0362. The maximum atomic E-state index is 13.3. The minimum atomic E-state index is -0.461. The number of non-ortho nitro benzene ring substituents is 1. The zero-order chi connectivity index (χ0) is 46.1. The van der Waals surface area contributed by atoms with Crippen LogP contribution in [0.3, 0.4) is 0 Å². The van der Waals surface area contributed by atoms with E-state index in [0.717, 1.165) is 91.6 Å². The number of nitro groups is 1. The van der Waals surface area contributed by atoms with Crippen LogP contribution in [0, 0.1) is 35.3 Å². The number of anilines is 4. The number of urea groups is 1. The fraction of sp³-hybridized carbons (Fsp3) is 0.479. The molecule has 3 aliphatic rings. The molecule has 346 valence electrons. The Hall–Kier alpha value is -5.65. The van der Waals surface area contributed by atoms with Gasteiger partial charge in [-0.3, -0.25) is 34.9 Å². The Balaban J connectivity index is 0.781. The van der Waals surface area contributed by atoms with Crippen molar-refractivity contribution in [3.05, 3.63) is 104 Å². The lowest BCUT2D eigenvalue weighted by Gasteiger charge is -2.45. The van der Waals surface area contributed by atoms with Crippen LogP contribution in [-0.2, 0) is 9.53 Å². The molecule has 3 unspecified atom stereocenters. The summed E-state index contributed by atoms with van der Waals surface area (Å²) in [6.07, 6.45) is 10.2. The molecule has 0 bridgehead atoms. The van der Waals surface area contributed by atoms with E-state index in [1.807, 2.05) is 32.0 Å². The van der Waals surface area contributed by atoms with Gasteiger partial charge in [-0.05, 0) is 112 Å². The topological polar surface area (TPSA) is 202 Å². The molecule has 65 heavy (non-hydrogen) atoms.